The van der Waals surface area contributed by atoms with Crippen LogP contribution in [0.1, 0.15) is 36.8 Å². The third-order valence-electron chi connectivity index (χ3n) is 5.11. The van der Waals surface area contributed by atoms with Crippen LogP contribution in [0.3, 0.4) is 0 Å². The lowest BCUT2D eigenvalue weighted by Gasteiger charge is -2.22. The minimum absolute atomic E-state index is 0.410. The van der Waals surface area contributed by atoms with Crippen LogP contribution >= 0.6 is 0 Å². The molecule has 0 radical (unpaired) electrons. The van der Waals surface area contributed by atoms with E-state index < -0.39 is 0 Å². The zero-order chi connectivity index (χ0) is 17.3. The Bertz CT molecular complexity index is 623. The molecule has 25 heavy (non-hydrogen) atoms. The van der Waals surface area contributed by atoms with Gasteiger partial charge in [0.1, 0.15) is 5.75 Å². The van der Waals surface area contributed by atoms with Gasteiger partial charge in [-0.3, -0.25) is 0 Å². The maximum absolute atomic E-state index is 5.48. The van der Waals surface area contributed by atoms with Crippen molar-refractivity contribution in [3.63, 3.8) is 0 Å². The molecule has 0 aromatic heterocycles. The lowest BCUT2D eigenvalue weighted by atomic mass is 10.0. The summed E-state index contributed by atoms with van der Waals surface area (Å²) in [5.41, 5.74) is 2.59. The quantitative estimate of drug-likeness (QED) is 0.727. The van der Waals surface area contributed by atoms with Crippen molar-refractivity contribution >= 4 is 0 Å². The van der Waals surface area contributed by atoms with Crippen LogP contribution in [-0.4, -0.2) is 25.7 Å². The standard InChI is InChI=1S/C22H30N2O/c1-25-22-14-8-5-11-19(22)16-23-21(15-18-9-3-2-4-10-18)17-24-20-12-6-7-13-20/h2-5,8-11,14,20-21,23-24H,6-7,12-13,15-17H2,1H3. The zero-order valence-electron chi connectivity index (χ0n) is 15.2. The molecule has 0 amide bonds. The van der Waals surface area contributed by atoms with Crippen molar-refractivity contribution in [3.05, 3.63) is 65.7 Å². The van der Waals surface area contributed by atoms with Gasteiger partial charge in [0, 0.05) is 30.7 Å². The molecular formula is C22H30N2O. The van der Waals surface area contributed by atoms with E-state index in [-0.39, 0.29) is 0 Å². The Morgan fingerprint density at radius 3 is 2.48 bits per heavy atom. The molecule has 2 aromatic rings. The summed E-state index contributed by atoms with van der Waals surface area (Å²) < 4.78 is 5.48. The van der Waals surface area contributed by atoms with Gasteiger partial charge in [-0.15, -0.1) is 0 Å². The van der Waals surface area contributed by atoms with E-state index in [1.165, 1.54) is 36.8 Å². The van der Waals surface area contributed by atoms with Gasteiger partial charge in [0.25, 0.3) is 0 Å². The van der Waals surface area contributed by atoms with Gasteiger partial charge in [-0.2, -0.15) is 0 Å². The minimum atomic E-state index is 0.410. The number of methoxy groups -OCH3 is 1. The number of benzene rings is 2. The SMILES string of the molecule is COc1ccccc1CNC(CNC1CCCC1)Cc1ccccc1. The molecule has 1 aliphatic carbocycles. The first-order valence-corrected chi connectivity index (χ1v) is 9.47. The molecule has 1 aliphatic rings. The predicted octanol–water partition coefficient (Wildman–Crippen LogP) is 3.93. The van der Waals surface area contributed by atoms with Crippen LogP contribution in [0.2, 0.25) is 0 Å². The monoisotopic (exact) mass is 338 g/mol. The molecule has 1 fully saturated rings. The van der Waals surface area contributed by atoms with E-state index in [0.29, 0.717) is 12.1 Å². The number of rotatable bonds is 9. The molecule has 1 atom stereocenters. The van der Waals surface area contributed by atoms with E-state index in [9.17, 15) is 0 Å². The van der Waals surface area contributed by atoms with E-state index in [1.807, 2.05) is 12.1 Å². The summed E-state index contributed by atoms with van der Waals surface area (Å²) in [6, 6.07) is 20.1. The second kappa shape index (κ2) is 9.59. The molecule has 0 heterocycles. The Kier molecular flexibility index (Phi) is 6.89. The second-order valence-electron chi connectivity index (χ2n) is 6.97. The summed E-state index contributed by atoms with van der Waals surface area (Å²) in [6.45, 7) is 1.84. The molecule has 2 aromatic carbocycles. The van der Waals surface area contributed by atoms with E-state index >= 15 is 0 Å². The number of ether oxygens (including phenoxy) is 1. The number of hydrogen-bond donors (Lipinski definition) is 2. The Morgan fingerprint density at radius 2 is 1.72 bits per heavy atom. The van der Waals surface area contributed by atoms with E-state index in [0.717, 1.165) is 25.3 Å². The Morgan fingerprint density at radius 1 is 1.00 bits per heavy atom. The normalized spacial score (nSPS) is 16.0. The fourth-order valence-corrected chi connectivity index (χ4v) is 3.66. The highest BCUT2D eigenvalue weighted by Crippen LogP contribution is 2.19. The molecule has 3 heteroatoms. The molecule has 2 N–H and O–H groups in total. The lowest BCUT2D eigenvalue weighted by Crippen LogP contribution is -2.42. The van der Waals surface area contributed by atoms with Crippen molar-refractivity contribution in [2.45, 2.75) is 50.7 Å². The van der Waals surface area contributed by atoms with Crippen molar-refractivity contribution < 1.29 is 4.74 Å². The van der Waals surface area contributed by atoms with Crippen LogP contribution in [0.15, 0.2) is 54.6 Å². The molecule has 0 saturated heterocycles. The molecule has 3 rings (SSSR count). The third kappa shape index (κ3) is 5.58. The molecule has 0 aliphatic heterocycles. The highest BCUT2D eigenvalue weighted by Gasteiger charge is 2.17. The smallest absolute Gasteiger partial charge is 0.123 e. The number of nitrogens with one attached hydrogen (secondary N) is 2. The van der Waals surface area contributed by atoms with Gasteiger partial charge in [0.2, 0.25) is 0 Å². The first-order chi connectivity index (χ1) is 12.3. The van der Waals surface area contributed by atoms with E-state index in [4.69, 9.17) is 4.74 Å². The van der Waals surface area contributed by atoms with Gasteiger partial charge in [-0.1, -0.05) is 61.4 Å². The van der Waals surface area contributed by atoms with Gasteiger partial charge in [0.05, 0.1) is 7.11 Å². The predicted molar refractivity (Wildman–Crippen MR) is 104 cm³/mol. The molecule has 1 saturated carbocycles. The molecule has 0 spiro atoms. The van der Waals surface area contributed by atoms with Crippen LogP contribution in [0.4, 0.5) is 0 Å². The molecular weight excluding hydrogens is 308 g/mol. The number of para-hydroxylation sites is 1. The Labute approximate surface area is 151 Å². The van der Waals surface area contributed by atoms with Crippen LogP contribution in [0.5, 0.6) is 5.75 Å². The van der Waals surface area contributed by atoms with Crippen molar-refractivity contribution in [1.29, 1.82) is 0 Å². The summed E-state index contributed by atoms with van der Waals surface area (Å²) in [6.07, 6.45) is 6.43. The largest absolute Gasteiger partial charge is 0.496 e. The van der Waals surface area contributed by atoms with Gasteiger partial charge in [0.15, 0.2) is 0 Å². The Balaban J connectivity index is 1.60. The van der Waals surface area contributed by atoms with Gasteiger partial charge < -0.3 is 15.4 Å². The zero-order valence-corrected chi connectivity index (χ0v) is 15.2. The summed E-state index contributed by atoms with van der Waals surface area (Å²) in [4.78, 5) is 0. The third-order valence-corrected chi connectivity index (χ3v) is 5.11. The summed E-state index contributed by atoms with van der Waals surface area (Å²) in [5.74, 6) is 0.956. The maximum atomic E-state index is 5.48. The molecule has 134 valence electrons. The van der Waals surface area contributed by atoms with E-state index in [2.05, 4.69) is 53.1 Å². The fourth-order valence-electron chi connectivity index (χ4n) is 3.66. The van der Waals surface area contributed by atoms with Gasteiger partial charge in [-0.05, 0) is 30.9 Å². The topological polar surface area (TPSA) is 33.3 Å². The van der Waals surface area contributed by atoms with Crippen molar-refractivity contribution in [2.24, 2.45) is 0 Å². The van der Waals surface area contributed by atoms with Gasteiger partial charge >= 0.3 is 0 Å². The van der Waals surface area contributed by atoms with E-state index in [1.54, 1.807) is 7.11 Å². The lowest BCUT2D eigenvalue weighted by molar-refractivity contribution is 0.398. The Hall–Kier alpha value is -1.84. The second-order valence-corrected chi connectivity index (χ2v) is 6.97. The average Bonchev–Trinajstić information content (AvgIpc) is 3.18. The highest BCUT2D eigenvalue weighted by atomic mass is 16.5. The maximum Gasteiger partial charge on any atom is 0.123 e. The summed E-state index contributed by atoms with van der Waals surface area (Å²) >= 11 is 0. The fraction of sp³-hybridized carbons (Fsp3) is 0.455. The van der Waals surface area contributed by atoms with Crippen molar-refractivity contribution in [1.82, 2.24) is 10.6 Å². The minimum Gasteiger partial charge on any atom is -0.496 e. The first-order valence-electron chi connectivity index (χ1n) is 9.47. The van der Waals surface area contributed by atoms with Crippen LogP contribution in [0.25, 0.3) is 0 Å². The molecule has 3 nitrogen and oxygen atoms in total. The molecule has 1 unspecified atom stereocenters. The summed E-state index contributed by atoms with van der Waals surface area (Å²) in [5, 5.41) is 7.51. The number of hydrogen-bond acceptors (Lipinski definition) is 3. The van der Waals surface area contributed by atoms with Gasteiger partial charge in [-0.25, -0.2) is 0 Å². The summed E-state index contributed by atoms with van der Waals surface area (Å²) in [7, 11) is 1.74. The highest BCUT2D eigenvalue weighted by molar-refractivity contribution is 5.33. The van der Waals surface area contributed by atoms with Crippen molar-refractivity contribution in [2.75, 3.05) is 13.7 Å². The van der Waals surface area contributed by atoms with Crippen LogP contribution in [0, 0.1) is 0 Å². The van der Waals surface area contributed by atoms with Crippen molar-refractivity contribution in [3.8, 4) is 5.75 Å². The van der Waals surface area contributed by atoms with Crippen LogP contribution in [-0.2, 0) is 13.0 Å². The average molecular weight is 338 g/mol. The van der Waals surface area contributed by atoms with Crippen LogP contribution < -0.4 is 15.4 Å². The first kappa shape index (κ1) is 18.0. The molecule has 0 bridgehead atoms.